The Morgan fingerprint density at radius 2 is 1.83 bits per heavy atom. The number of carbonyl (C=O) groups excluding carboxylic acids is 1. The summed E-state index contributed by atoms with van der Waals surface area (Å²) in [5.74, 6) is 4.82. The Labute approximate surface area is 144 Å². The molecule has 0 radical (unpaired) electrons. The maximum atomic E-state index is 11.4. The van der Waals surface area contributed by atoms with Gasteiger partial charge in [-0.3, -0.25) is 10.2 Å². The van der Waals surface area contributed by atoms with Gasteiger partial charge in [-0.15, -0.1) is 0 Å². The second-order valence-electron chi connectivity index (χ2n) is 5.91. The fourth-order valence-electron chi connectivity index (χ4n) is 2.45. The van der Waals surface area contributed by atoms with Gasteiger partial charge in [0.2, 0.25) is 0 Å². The van der Waals surface area contributed by atoms with Crippen molar-refractivity contribution < 1.29 is 14.6 Å². The molecule has 0 saturated heterocycles. The fraction of sp³-hybridized carbons (Fsp3) is 0.526. The van der Waals surface area contributed by atoms with E-state index >= 15 is 0 Å². The van der Waals surface area contributed by atoms with E-state index in [0.29, 0.717) is 5.75 Å². The molecule has 1 rings (SSSR count). The number of aromatic hydroxyl groups is 1. The Morgan fingerprint density at radius 3 is 2.46 bits per heavy atom. The molecule has 0 aliphatic heterocycles. The molecule has 1 aromatic rings. The number of nitrogens with one attached hydrogen (secondary N) is 1. The molecule has 5 nitrogen and oxygen atoms in total. The van der Waals surface area contributed by atoms with Gasteiger partial charge in [0.15, 0.2) is 0 Å². The summed E-state index contributed by atoms with van der Waals surface area (Å²) in [7, 11) is 0. The number of hydrazine groups is 1. The number of benzene rings is 1. The lowest BCUT2D eigenvalue weighted by Gasteiger charge is -2.05. The van der Waals surface area contributed by atoms with Gasteiger partial charge >= 0.3 is 0 Å². The smallest absolute Gasteiger partial charge is 0.268 e. The minimum absolute atomic E-state index is 0.118. The first-order valence-electron chi connectivity index (χ1n) is 8.84. The topological polar surface area (TPSA) is 84.6 Å². The van der Waals surface area contributed by atoms with E-state index in [1.807, 2.05) is 11.5 Å². The molecule has 0 unspecified atom stereocenters. The standard InChI is InChI=1S/C19H30N2O3/c1-2-3-4-5-6-7-8-9-10-11-14-24-16-12-13-17(18(22)15-16)19(23)21-20/h11-15,22H,2-10,20H2,1H3,(H,21,23). The van der Waals surface area contributed by atoms with Crippen molar-refractivity contribution in [1.29, 1.82) is 0 Å². The number of amides is 1. The molecule has 24 heavy (non-hydrogen) atoms. The van der Waals surface area contributed by atoms with E-state index in [1.54, 1.807) is 12.3 Å². The number of nitrogen functional groups attached to an aromatic ring is 1. The number of unbranched alkanes of at least 4 members (excludes halogenated alkanes) is 8. The molecule has 134 valence electrons. The highest BCUT2D eigenvalue weighted by molar-refractivity contribution is 5.96. The third-order valence-electron chi connectivity index (χ3n) is 3.87. The first-order chi connectivity index (χ1) is 11.7. The number of ether oxygens (including phenoxy) is 1. The summed E-state index contributed by atoms with van der Waals surface area (Å²) in [5.41, 5.74) is 2.10. The van der Waals surface area contributed by atoms with Crippen molar-refractivity contribution in [2.24, 2.45) is 5.84 Å². The Hall–Kier alpha value is -2.01. The van der Waals surface area contributed by atoms with Crippen LogP contribution in [0.3, 0.4) is 0 Å². The highest BCUT2D eigenvalue weighted by atomic mass is 16.5. The highest BCUT2D eigenvalue weighted by Gasteiger charge is 2.10. The van der Waals surface area contributed by atoms with Crippen LogP contribution in [0.4, 0.5) is 0 Å². The number of carbonyl (C=O) groups is 1. The molecule has 5 heteroatoms. The van der Waals surface area contributed by atoms with Gasteiger partial charge in [-0.2, -0.15) is 0 Å². The van der Waals surface area contributed by atoms with Gasteiger partial charge < -0.3 is 9.84 Å². The molecule has 0 saturated carbocycles. The van der Waals surface area contributed by atoms with Crippen LogP contribution in [0.5, 0.6) is 11.5 Å². The van der Waals surface area contributed by atoms with Crippen LogP contribution in [-0.2, 0) is 0 Å². The molecule has 0 fully saturated rings. The quantitative estimate of drug-likeness (QED) is 0.174. The average molecular weight is 334 g/mol. The number of nitrogens with two attached hydrogens (primary N) is 1. The van der Waals surface area contributed by atoms with Gasteiger partial charge in [0, 0.05) is 6.07 Å². The second kappa shape index (κ2) is 12.4. The van der Waals surface area contributed by atoms with Crippen molar-refractivity contribution in [2.45, 2.75) is 64.7 Å². The Kier molecular flexibility index (Phi) is 10.4. The molecule has 4 N–H and O–H groups in total. The van der Waals surface area contributed by atoms with Crippen molar-refractivity contribution in [2.75, 3.05) is 0 Å². The Morgan fingerprint density at radius 1 is 1.17 bits per heavy atom. The number of phenols is 1. The van der Waals surface area contributed by atoms with Crippen molar-refractivity contribution >= 4 is 5.91 Å². The van der Waals surface area contributed by atoms with E-state index in [-0.39, 0.29) is 11.3 Å². The molecule has 0 atom stereocenters. The minimum atomic E-state index is -0.538. The number of phenolic OH excluding ortho intramolecular Hbond substituents is 1. The van der Waals surface area contributed by atoms with Crippen LogP contribution in [0.2, 0.25) is 0 Å². The van der Waals surface area contributed by atoms with E-state index in [9.17, 15) is 9.90 Å². The first kappa shape index (κ1) is 20.0. The summed E-state index contributed by atoms with van der Waals surface area (Å²) in [4.78, 5) is 11.4. The van der Waals surface area contributed by atoms with Crippen LogP contribution in [0, 0.1) is 0 Å². The summed E-state index contributed by atoms with van der Waals surface area (Å²) in [6.45, 7) is 2.24. The van der Waals surface area contributed by atoms with Gasteiger partial charge in [-0.05, 0) is 31.1 Å². The summed E-state index contributed by atoms with van der Waals surface area (Å²) < 4.78 is 5.42. The van der Waals surface area contributed by atoms with Gasteiger partial charge in [0.25, 0.3) is 5.91 Å². The van der Waals surface area contributed by atoms with Crippen molar-refractivity contribution in [3.63, 3.8) is 0 Å². The Bertz CT molecular complexity index is 515. The monoisotopic (exact) mass is 334 g/mol. The van der Waals surface area contributed by atoms with Crippen LogP contribution >= 0.6 is 0 Å². The molecule has 0 heterocycles. The van der Waals surface area contributed by atoms with Crippen LogP contribution in [-0.4, -0.2) is 11.0 Å². The summed E-state index contributed by atoms with van der Waals surface area (Å²) in [6, 6.07) is 4.48. The van der Waals surface area contributed by atoms with Crippen LogP contribution in [0.1, 0.15) is 75.1 Å². The zero-order valence-corrected chi connectivity index (χ0v) is 14.6. The number of rotatable bonds is 12. The van der Waals surface area contributed by atoms with Gasteiger partial charge in [-0.1, -0.05) is 51.9 Å². The second-order valence-corrected chi connectivity index (χ2v) is 5.91. The van der Waals surface area contributed by atoms with Crippen LogP contribution in [0.15, 0.2) is 30.5 Å². The lowest BCUT2D eigenvalue weighted by molar-refractivity contribution is 0.0951. The van der Waals surface area contributed by atoms with Crippen LogP contribution < -0.4 is 16.0 Å². The zero-order chi connectivity index (χ0) is 17.6. The number of hydrogen-bond acceptors (Lipinski definition) is 4. The molecule has 1 aromatic carbocycles. The maximum Gasteiger partial charge on any atom is 0.268 e. The normalized spacial score (nSPS) is 10.9. The Balaban J connectivity index is 2.17. The summed E-state index contributed by atoms with van der Waals surface area (Å²) >= 11 is 0. The van der Waals surface area contributed by atoms with Crippen molar-refractivity contribution in [3.8, 4) is 11.5 Å². The third kappa shape index (κ3) is 8.02. The van der Waals surface area contributed by atoms with E-state index in [1.165, 1.54) is 57.1 Å². The maximum absolute atomic E-state index is 11.4. The molecular formula is C19H30N2O3. The van der Waals surface area contributed by atoms with Crippen LogP contribution in [0.25, 0.3) is 0 Å². The summed E-state index contributed by atoms with van der Waals surface area (Å²) in [6.07, 6.45) is 15.0. The van der Waals surface area contributed by atoms with Crippen molar-refractivity contribution in [3.05, 3.63) is 36.1 Å². The molecule has 0 bridgehead atoms. The number of allylic oxidation sites excluding steroid dienone is 1. The van der Waals surface area contributed by atoms with E-state index in [4.69, 9.17) is 10.6 Å². The predicted octanol–water partition coefficient (Wildman–Crippen LogP) is 4.42. The first-order valence-corrected chi connectivity index (χ1v) is 8.84. The predicted molar refractivity (Wildman–Crippen MR) is 96.8 cm³/mol. The largest absolute Gasteiger partial charge is 0.507 e. The highest BCUT2D eigenvalue weighted by Crippen LogP contribution is 2.23. The zero-order valence-electron chi connectivity index (χ0n) is 14.6. The van der Waals surface area contributed by atoms with Gasteiger partial charge in [0.05, 0.1) is 11.8 Å². The molecule has 0 aromatic heterocycles. The number of hydrogen-bond donors (Lipinski definition) is 3. The molecule has 0 spiro atoms. The minimum Gasteiger partial charge on any atom is -0.507 e. The molecule has 0 aliphatic carbocycles. The fourth-order valence-corrected chi connectivity index (χ4v) is 2.45. The molecular weight excluding hydrogens is 304 g/mol. The SMILES string of the molecule is CCCCCCCCCCC=COc1ccc(C(=O)NN)c(O)c1. The lowest BCUT2D eigenvalue weighted by atomic mass is 10.1. The third-order valence-corrected chi connectivity index (χ3v) is 3.87. The lowest BCUT2D eigenvalue weighted by Crippen LogP contribution is -2.29. The van der Waals surface area contributed by atoms with E-state index in [0.717, 1.165) is 12.8 Å². The van der Waals surface area contributed by atoms with Crippen molar-refractivity contribution in [1.82, 2.24) is 5.43 Å². The van der Waals surface area contributed by atoms with E-state index in [2.05, 4.69) is 6.92 Å². The van der Waals surface area contributed by atoms with Gasteiger partial charge in [-0.25, -0.2) is 5.84 Å². The molecule has 0 aliphatic rings. The average Bonchev–Trinajstić information content (AvgIpc) is 2.59. The van der Waals surface area contributed by atoms with E-state index < -0.39 is 5.91 Å². The molecule has 1 amide bonds. The van der Waals surface area contributed by atoms with Gasteiger partial charge in [0.1, 0.15) is 11.5 Å². The summed E-state index contributed by atoms with van der Waals surface area (Å²) in [5, 5.41) is 9.75.